The number of morpholine rings is 1. The lowest BCUT2D eigenvalue weighted by Gasteiger charge is -2.33. The molecule has 1 aromatic carbocycles. The fourth-order valence-corrected chi connectivity index (χ4v) is 2.36. The molecule has 0 radical (unpaired) electrons. The average Bonchev–Trinajstić information content (AvgIpc) is 2.38. The van der Waals surface area contributed by atoms with Gasteiger partial charge in [-0.1, -0.05) is 23.2 Å². The zero-order valence-electron chi connectivity index (χ0n) is 9.81. The second-order valence-corrected chi connectivity index (χ2v) is 4.90. The van der Waals surface area contributed by atoms with Crippen molar-refractivity contribution in [1.82, 2.24) is 4.90 Å². The summed E-state index contributed by atoms with van der Waals surface area (Å²) in [5.74, 6) is -1.53. The van der Waals surface area contributed by atoms with Crippen molar-refractivity contribution in [3.05, 3.63) is 33.8 Å². The zero-order valence-corrected chi connectivity index (χ0v) is 11.3. The van der Waals surface area contributed by atoms with Crippen LogP contribution < -0.4 is 0 Å². The molecule has 19 heavy (non-hydrogen) atoms. The van der Waals surface area contributed by atoms with Gasteiger partial charge < -0.3 is 14.7 Å². The van der Waals surface area contributed by atoms with Gasteiger partial charge in [0.25, 0.3) is 5.91 Å². The van der Waals surface area contributed by atoms with Crippen LogP contribution in [0.15, 0.2) is 18.2 Å². The molecule has 2 rings (SSSR count). The highest BCUT2D eigenvalue weighted by atomic mass is 35.5. The first kappa shape index (κ1) is 14.1. The number of amides is 1. The highest BCUT2D eigenvalue weighted by Crippen LogP contribution is 2.23. The number of carbonyl (C=O) groups excluding carboxylic acids is 1. The van der Waals surface area contributed by atoms with E-state index in [0.717, 1.165) is 0 Å². The summed E-state index contributed by atoms with van der Waals surface area (Å²) < 4.78 is 5.08. The molecule has 1 fully saturated rings. The van der Waals surface area contributed by atoms with Crippen LogP contribution in [0.1, 0.15) is 10.4 Å². The molecular formula is C12H11Cl2NO4. The molecule has 0 unspecified atom stereocenters. The molecular weight excluding hydrogens is 293 g/mol. The summed E-state index contributed by atoms with van der Waals surface area (Å²) in [6.45, 7) is 0.502. The van der Waals surface area contributed by atoms with Crippen molar-refractivity contribution in [1.29, 1.82) is 0 Å². The molecule has 7 heteroatoms. The maximum atomic E-state index is 12.3. The number of rotatable bonds is 2. The summed E-state index contributed by atoms with van der Waals surface area (Å²) in [4.78, 5) is 24.7. The first-order chi connectivity index (χ1) is 9.00. The number of benzene rings is 1. The molecule has 1 heterocycles. The van der Waals surface area contributed by atoms with E-state index >= 15 is 0 Å². The van der Waals surface area contributed by atoms with Crippen LogP contribution in [0.3, 0.4) is 0 Å². The number of carboxylic acids is 1. The highest BCUT2D eigenvalue weighted by molar-refractivity contribution is 6.36. The lowest BCUT2D eigenvalue weighted by Crippen LogP contribution is -2.52. The Morgan fingerprint density at radius 3 is 2.74 bits per heavy atom. The molecule has 1 aliphatic rings. The SMILES string of the molecule is O=C(O)[C@H]1COCCN1C(=O)c1ccc(Cl)cc1Cl. The van der Waals surface area contributed by atoms with E-state index in [1.54, 1.807) is 0 Å². The Bertz CT molecular complexity index is 520. The van der Waals surface area contributed by atoms with E-state index in [0.29, 0.717) is 11.6 Å². The monoisotopic (exact) mass is 303 g/mol. The highest BCUT2D eigenvalue weighted by Gasteiger charge is 2.33. The van der Waals surface area contributed by atoms with E-state index in [4.69, 9.17) is 33.0 Å². The summed E-state index contributed by atoms with van der Waals surface area (Å²) in [5, 5.41) is 9.71. The number of halogens is 2. The van der Waals surface area contributed by atoms with Gasteiger partial charge in [0, 0.05) is 11.6 Å². The molecule has 0 spiro atoms. The van der Waals surface area contributed by atoms with E-state index in [1.165, 1.54) is 23.1 Å². The predicted octanol–water partition coefficient (Wildman–Crippen LogP) is 1.92. The number of aliphatic carboxylic acids is 1. The third-order valence-electron chi connectivity index (χ3n) is 2.84. The number of hydrogen-bond donors (Lipinski definition) is 1. The van der Waals surface area contributed by atoms with Crippen LogP contribution in [0.5, 0.6) is 0 Å². The quantitative estimate of drug-likeness (QED) is 0.906. The number of nitrogens with zero attached hydrogens (tertiary/aromatic N) is 1. The van der Waals surface area contributed by atoms with Gasteiger partial charge in [-0.3, -0.25) is 4.79 Å². The first-order valence-electron chi connectivity index (χ1n) is 5.57. The second-order valence-electron chi connectivity index (χ2n) is 4.05. The molecule has 102 valence electrons. The molecule has 1 amide bonds. The minimum Gasteiger partial charge on any atom is -0.480 e. The molecule has 1 saturated heterocycles. The Balaban J connectivity index is 2.28. The van der Waals surface area contributed by atoms with E-state index < -0.39 is 17.9 Å². The third kappa shape index (κ3) is 3.00. The lowest BCUT2D eigenvalue weighted by molar-refractivity contribution is -0.147. The van der Waals surface area contributed by atoms with Crippen molar-refractivity contribution in [3.8, 4) is 0 Å². The van der Waals surface area contributed by atoms with E-state index in [9.17, 15) is 9.59 Å². The standard InChI is InChI=1S/C12H11Cl2NO4/c13-7-1-2-8(9(14)5-7)11(16)15-3-4-19-6-10(15)12(17)18/h1-2,5,10H,3-4,6H2,(H,17,18)/t10-/m1/s1. The smallest absolute Gasteiger partial charge is 0.328 e. The van der Waals surface area contributed by atoms with Crippen LogP contribution in [0.25, 0.3) is 0 Å². The van der Waals surface area contributed by atoms with Crippen LogP contribution in [0.4, 0.5) is 0 Å². The van der Waals surface area contributed by atoms with Crippen LogP contribution >= 0.6 is 23.2 Å². The maximum absolute atomic E-state index is 12.3. The normalized spacial score (nSPS) is 19.3. The van der Waals surface area contributed by atoms with Gasteiger partial charge >= 0.3 is 5.97 Å². The fraction of sp³-hybridized carbons (Fsp3) is 0.333. The number of ether oxygens (including phenoxy) is 1. The maximum Gasteiger partial charge on any atom is 0.328 e. The van der Waals surface area contributed by atoms with Crippen LogP contribution in [0.2, 0.25) is 10.0 Å². The fourth-order valence-electron chi connectivity index (χ4n) is 1.87. The first-order valence-corrected chi connectivity index (χ1v) is 6.33. The lowest BCUT2D eigenvalue weighted by atomic mass is 10.1. The second kappa shape index (κ2) is 5.77. The minimum atomic E-state index is -1.10. The topological polar surface area (TPSA) is 66.8 Å². The van der Waals surface area contributed by atoms with Gasteiger partial charge in [-0.15, -0.1) is 0 Å². The summed E-state index contributed by atoms with van der Waals surface area (Å²) in [5.41, 5.74) is 0.235. The molecule has 1 N–H and O–H groups in total. The summed E-state index contributed by atoms with van der Waals surface area (Å²) in [6, 6.07) is 3.48. The average molecular weight is 304 g/mol. The van der Waals surface area contributed by atoms with Crippen LogP contribution in [0, 0.1) is 0 Å². The van der Waals surface area contributed by atoms with E-state index in [-0.39, 0.29) is 23.7 Å². The van der Waals surface area contributed by atoms with E-state index in [2.05, 4.69) is 0 Å². The van der Waals surface area contributed by atoms with Gasteiger partial charge in [-0.25, -0.2) is 4.79 Å². The Morgan fingerprint density at radius 2 is 2.11 bits per heavy atom. The summed E-state index contributed by atoms with van der Waals surface area (Å²) >= 11 is 11.7. The number of carboxylic acid groups (broad SMARTS) is 1. The Morgan fingerprint density at radius 1 is 1.37 bits per heavy atom. The van der Waals surface area contributed by atoms with Crippen molar-refractivity contribution in [2.45, 2.75) is 6.04 Å². The largest absolute Gasteiger partial charge is 0.480 e. The van der Waals surface area contributed by atoms with Crippen molar-refractivity contribution < 1.29 is 19.4 Å². The zero-order chi connectivity index (χ0) is 14.0. The predicted molar refractivity (Wildman–Crippen MR) is 69.7 cm³/mol. The van der Waals surface area contributed by atoms with Crippen LogP contribution in [-0.2, 0) is 9.53 Å². The molecule has 0 aromatic heterocycles. The number of hydrogen-bond acceptors (Lipinski definition) is 3. The Labute approximate surface area is 119 Å². The van der Waals surface area contributed by atoms with Gasteiger partial charge in [0.15, 0.2) is 6.04 Å². The molecule has 1 atom stereocenters. The van der Waals surface area contributed by atoms with Crippen molar-refractivity contribution in [3.63, 3.8) is 0 Å². The van der Waals surface area contributed by atoms with Gasteiger partial charge in [0.1, 0.15) is 0 Å². The van der Waals surface area contributed by atoms with Crippen molar-refractivity contribution in [2.24, 2.45) is 0 Å². The Kier molecular flexibility index (Phi) is 4.29. The molecule has 0 aliphatic carbocycles. The van der Waals surface area contributed by atoms with Gasteiger partial charge in [-0.2, -0.15) is 0 Å². The van der Waals surface area contributed by atoms with Crippen molar-refractivity contribution in [2.75, 3.05) is 19.8 Å². The Hall–Kier alpha value is -1.30. The van der Waals surface area contributed by atoms with Crippen LogP contribution in [-0.4, -0.2) is 47.7 Å². The van der Waals surface area contributed by atoms with Gasteiger partial charge in [0.2, 0.25) is 0 Å². The summed E-state index contributed by atoms with van der Waals surface area (Å²) in [6.07, 6.45) is 0. The van der Waals surface area contributed by atoms with Crippen molar-refractivity contribution >= 4 is 35.1 Å². The molecule has 0 bridgehead atoms. The molecule has 5 nitrogen and oxygen atoms in total. The van der Waals surface area contributed by atoms with Gasteiger partial charge in [0.05, 0.1) is 23.8 Å². The van der Waals surface area contributed by atoms with E-state index in [1.807, 2.05) is 0 Å². The number of carbonyl (C=O) groups is 2. The molecule has 0 saturated carbocycles. The summed E-state index contributed by atoms with van der Waals surface area (Å²) in [7, 11) is 0. The molecule has 1 aliphatic heterocycles. The van der Waals surface area contributed by atoms with Gasteiger partial charge in [-0.05, 0) is 18.2 Å². The minimum absolute atomic E-state index is 0.0215. The molecule has 1 aromatic rings. The third-order valence-corrected chi connectivity index (χ3v) is 3.38.